The quantitative estimate of drug-likeness (QED) is 0.219. The van der Waals surface area contributed by atoms with E-state index in [-0.39, 0.29) is 6.10 Å². The molecular formula is C30H40ClN3O3. The smallest absolute Gasteiger partial charge is 0.187 e. The van der Waals surface area contributed by atoms with Gasteiger partial charge in [0.15, 0.2) is 5.79 Å². The number of hydrogen-bond donors (Lipinski definition) is 0. The maximum absolute atomic E-state index is 6.51. The summed E-state index contributed by atoms with van der Waals surface area (Å²) in [4.78, 5) is 6.66. The Hall–Kier alpha value is -2.54. The van der Waals surface area contributed by atoms with Crippen molar-refractivity contribution < 1.29 is 14.2 Å². The Labute approximate surface area is 226 Å². The monoisotopic (exact) mass is 525 g/mol. The predicted molar refractivity (Wildman–Crippen MR) is 150 cm³/mol. The highest BCUT2D eigenvalue weighted by atomic mass is 35.5. The molecule has 1 saturated heterocycles. The van der Waals surface area contributed by atoms with Gasteiger partial charge in [-0.05, 0) is 61.2 Å². The molecule has 2 unspecified atom stereocenters. The molecule has 0 aliphatic carbocycles. The average molecular weight is 526 g/mol. The van der Waals surface area contributed by atoms with E-state index in [1.807, 2.05) is 22.9 Å². The molecule has 1 aliphatic heterocycles. The number of benzene rings is 2. The minimum Gasteiger partial charge on any atom is -0.491 e. The van der Waals surface area contributed by atoms with Crippen molar-refractivity contribution in [2.24, 2.45) is 0 Å². The number of hydrogen-bond acceptors (Lipinski definition) is 5. The molecule has 37 heavy (non-hydrogen) atoms. The van der Waals surface area contributed by atoms with Gasteiger partial charge in [-0.15, -0.1) is 0 Å². The van der Waals surface area contributed by atoms with Crippen LogP contribution in [-0.2, 0) is 22.4 Å². The van der Waals surface area contributed by atoms with Gasteiger partial charge in [-0.1, -0.05) is 50.4 Å². The number of aromatic nitrogens is 2. The van der Waals surface area contributed by atoms with E-state index in [2.05, 4.69) is 60.1 Å². The van der Waals surface area contributed by atoms with E-state index in [9.17, 15) is 0 Å². The summed E-state index contributed by atoms with van der Waals surface area (Å²) < 4.78 is 21.0. The van der Waals surface area contributed by atoms with Gasteiger partial charge in [0, 0.05) is 42.6 Å². The lowest BCUT2D eigenvalue weighted by Crippen LogP contribution is -2.37. The third kappa shape index (κ3) is 8.22. The van der Waals surface area contributed by atoms with Gasteiger partial charge in [0.25, 0.3) is 0 Å². The Kier molecular flexibility index (Phi) is 10.3. The molecule has 3 aromatic rings. The SMILES string of the molecule is CCCCN(CCCC)c1ccc(OCC2COC(CCc3ccc(Cl)cc3)(Cn3ccnc3)O2)cc1. The molecule has 6 nitrogen and oxygen atoms in total. The van der Waals surface area contributed by atoms with Crippen molar-refractivity contribution in [2.75, 3.05) is 31.2 Å². The summed E-state index contributed by atoms with van der Waals surface area (Å²) in [5.41, 5.74) is 2.46. The first-order valence-electron chi connectivity index (χ1n) is 13.6. The highest BCUT2D eigenvalue weighted by molar-refractivity contribution is 6.30. The molecule has 0 bridgehead atoms. The van der Waals surface area contributed by atoms with E-state index >= 15 is 0 Å². The number of rotatable bonds is 15. The number of imidazole rings is 1. The van der Waals surface area contributed by atoms with Gasteiger partial charge in [-0.25, -0.2) is 4.98 Å². The van der Waals surface area contributed by atoms with Crippen LogP contribution in [0.1, 0.15) is 51.5 Å². The van der Waals surface area contributed by atoms with E-state index in [1.165, 1.54) is 36.9 Å². The highest BCUT2D eigenvalue weighted by Crippen LogP contribution is 2.32. The Balaban J connectivity index is 1.34. The number of nitrogens with zero attached hydrogens (tertiary/aromatic N) is 3. The fourth-order valence-corrected chi connectivity index (χ4v) is 4.77. The standard InChI is InChI=1S/C30H40ClN3O3/c1-3-5-18-34(19-6-4-2)27-11-13-28(14-12-27)35-21-29-22-36-30(37-29,23-33-20-17-32-24-33)16-15-25-7-9-26(31)10-8-25/h7-14,17,20,24,29H,3-6,15-16,18-19,21-23H2,1-2H3. The number of aryl methyl sites for hydroxylation is 1. The third-order valence-electron chi connectivity index (χ3n) is 6.81. The Morgan fingerprint density at radius 3 is 2.43 bits per heavy atom. The van der Waals surface area contributed by atoms with Gasteiger partial charge >= 0.3 is 0 Å². The first-order valence-corrected chi connectivity index (χ1v) is 14.0. The summed E-state index contributed by atoms with van der Waals surface area (Å²) in [6, 6.07) is 16.4. The second-order valence-corrected chi connectivity index (χ2v) is 10.3. The predicted octanol–water partition coefficient (Wildman–Crippen LogP) is 6.77. The summed E-state index contributed by atoms with van der Waals surface area (Å²) >= 11 is 6.05. The molecule has 0 spiro atoms. The lowest BCUT2D eigenvalue weighted by molar-refractivity contribution is -0.184. The van der Waals surface area contributed by atoms with Crippen LogP contribution in [0.5, 0.6) is 5.75 Å². The van der Waals surface area contributed by atoms with Crippen molar-refractivity contribution in [3.8, 4) is 5.75 Å². The van der Waals surface area contributed by atoms with Crippen LogP contribution < -0.4 is 9.64 Å². The van der Waals surface area contributed by atoms with Crippen molar-refractivity contribution in [3.05, 3.63) is 77.8 Å². The number of anilines is 1. The van der Waals surface area contributed by atoms with Crippen LogP contribution in [0.4, 0.5) is 5.69 Å². The maximum Gasteiger partial charge on any atom is 0.187 e. The molecular weight excluding hydrogens is 486 g/mol. The van der Waals surface area contributed by atoms with Crippen LogP contribution in [0.15, 0.2) is 67.3 Å². The minimum atomic E-state index is -0.725. The average Bonchev–Trinajstić information content (AvgIpc) is 3.58. The summed E-state index contributed by atoms with van der Waals surface area (Å²) in [5, 5.41) is 0.741. The van der Waals surface area contributed by atoms with E-state index in [1.54, 1.807) is 12.5 Å². The van der Waals surface area contributed by atoms with E-state index < -0.39 is 5.79 Å². The van der Waals surface area contributed by atoms with E-state index in [4.69, 9.17) is 25.8 Å². The maximum atomic E-state index is 6.51. The number of halogens is 1. The molecule has 0 saturated carbocycles. The molecule has 0 radical (unpaired) electrons. The molecule has 0 amide bonds. The van der Waals surface area contributed by atoms with Crippen molar-refractivity contribution in [1.29, 1.82) is 0 Å². The Morgan fingerprint density at radius 2 is 1.78 bits per heavy atom. The van der Waals surface area contributed by atoms with Gasteiger partial charge < -0.3 is 23.7 Å². The first-order chi connectivity index (χ1) is 18.1. The van der Waals surface area contributed by atoms with Crippen molar-refractivity contribution in [3.63, 3.8) is 0 Å². The van der Waals surface area contributed by atoms with E-state index in [0.29, 0.717) is 19.8 Å². The molecule has 0 N–H and O–H groups in total. The van der Waals surface area contributed by atoms with Gasteiger partial charge in [-0.2, -0.15) is 0 Å². The van der Waals surface area contributed by atoms with Crippen molar-refractivity contribution in [1.82, 2.24) is 9.55 Å². The second kappa shape index (κ2) is 13.8. The van der Waals surface area contributed by atoms with Gasteiger partial charge in [0.05, 0.1) is 19.5 Å². The van der Waals surface area contributed by atoms with E-state index in [0.717, 1.165) is 36.7 Å². The van der Waals surface area contributed by atoms with Gasteiger partial charge in [-0.3, -0.25) is 0 Å². The van der Waals surface area contributed by atoms with Crippen molar-refractivity contribution >= 4 is 17.3 Å². The van der Waals surface area contributed by atoms with Crippen LogP contribution >= 0.6 is 11.6 Å². The lowest BCUT2D eigenvalue weighted by atomic mass is 10.0. The molecule has 2 heterocycles. The van der Waals surface area contributed by atoms with Crippen LogP contribution in [0, 0.1) is 0 Å². The highest BCUT2D eigenvalue weighted by Gasteiger charge is 2.42. The minimum absolute atomic E-state index is 0.140. The van der Waals surface area contributed by atoms with Gasteiger partial charge in [0.1, 0.15) is 18.5 Å². The molecule has 7 heteroatoms. The zero-order valence-corrected chi connectivity index (χ0v) is 22.9. The molecule has 1 aliphatic rings. The Morgan fingerprint density at radius 1 is 1.05 bits per heavy atom. The summed E-state index contributed by atoms with van der Waals surface area (Å²) in [5.74, 6) is 0.128. The van der Waals surface area contributed by atoms with Crippen LogP contribution in [0.3, 0.4) is 0 Å². The molecule has 2 atom stereocenters. The van der Waals surface area contributed by atoms with Crippen LogP contribution in [0.2, 0.25) is 5.02 Å². The Bertz CT molecular complexity index is 1030. The zero-order valence-electron chi connectivity index (χ0n) is 22.2. The molecule has 1 aromatic heterocycles. The molecule has 4 rings (SSSR count). The topological polar surface area (TPSA) is 48.8 Å². The molecule has 1 fully saturated rings. The number of ether oxygens (including phenoxy) is 3. The second-order valence-electron chi connectivity index (χ2n) is 9.82. The molecule has 200 valence electrons. The summed E-state index contributed by atoms with van der Waals surface area (Å²) in [6.07, 6.45) is 11.7. The zero-order chi connectivity index (χ0) is 25.9. The van der Waals surface area contributed by atoms with Gasteiger partial charge in [0.2, 0.25) is 0 Å². The largest absolute Gasteiger partial charge is 0.491 e. The fourth-order valence-electron chi connectivity index (χ4n) is 4.65. The first kappa shape index (κ1) is 27.5. The third-order valence-corrected chi connectivity index (χ3v) is 7.06. The lowest BCUT2D eigenvalue weighted by Gasteiger charge is -2.28. The summed E-state index contributed by atoms with van der Waals surface area (Å²) in [7, 11) is 0. The normalized spacial score (nSPS) is 19.3. The molecule has 2 aromatic carbocycles. The van der Waals surface area contributed by atoms with Crippen molar-refractivity contribution in [2.45, 2.75) is 70.8 Å². The van der Waals surface area contributed by atoms with Crippen LogP contribution in [-0.4, -0.2) is 47.7 Å². The fraction of sp³-hybridized carbons (Fsp3) is 0.500. The van der Waals surface area contributed by atoms with Crippen LogP contribution in [0.25, 0.3) is 0 Å². The number of unbranched alkanes of at least 4 members (excludes halogenated alkanes) is 2. The summed E-state index contributed by atoms with van der Waals surface area (Å²) in [6.45, 7) is 8.20.